The van der Waals surface area contributed by atoms with Gasteiger partial charge in [-0.3, -0.25) is 4.79 Å². The standard InChI is InChI=1S/C21H12Cl2F3N3O3S/c1-33(31,32)28-21(30)12-8-15(23)19(9-16(12)25)29-18-5-3-11(24)7-13(18)20(27-29)10-2-4-14(22)17(26)6-10/h2-9H,1H3,(H,28,30). The van der Waals surface area contributed by atoms with E-state index in [1.165, 1.54) is 28.9 Å². The van der Waals surface area contributed by atoms with Crippen LogP contribution in [-0.4, -0.2) is 30.4 Å². The summed E-state index contributed by atoms with van der Waals surface area (Å²) >= 11 is 12.0. The highest BCUT2D eigenvalue weighted by Crippen LogP contribution is 2.34. The number of nitrogens with zero attached hydrogens (tertiary/aromatic N) is 2. The molecule has 0 bridgehead atoms. The molecule has 1 aromatic heterocycles. The van der Waals surface area contributed by atoms with Crippen molar-refractivity contribution >= 4 is 50.0 Å². The second kappa shape index (κ2) is 8.36. The van der Waals surface area contributed by atoms with Crippen LogP contribution in [0.2, 0.25) is 10.0 Å². The van der Waals surface area contributed by atoms with Crippen molar-refractivity contribution < 1.29 is 26.4 Å². The van der Waals surface area contributed by atoms with Crippen molar-refractivity contribution in [1.82, 2.24) is 14.5 Å². The molecule has 4 aromatic rings. The van der Waals surface area contributed by atoms with E-state index in [4.69, 9.17) is 23.2 Å². The third-order valence-electron chi connectivity index (χ3n) is 4.62. The summed E-state index contributed by atoms with van der Waals surface area (Å²) in [5, 5.41) is 4.40. The van der Waals surface area contributed by atoms with Crippen molar-refractivity contribution in [3.8, 4) is 16.9 Å². The van der Waals surface area contributed by atoms with Gasteiger partial charge in [-0.2, -0.15) is 5.10 Å². The Morgan fingerprint density at radius 2 is 1.70 bits per heavy atom. The molecule has 0 spiro atoms. The molecular weight excluding hydrogens is 502 g/mol. The van der Waals surface area contributed by atoms with Gasteiger partial charge < -0.3 is 0 Å². The van der Waals surface area contributed by atoms with Crippen LogP contribution < -0.4 is 4.72 Å². The Bertz CT molecular complexity index is 1560. The van der Waals surface area contributed by atoms with E-state index in [1.807, 2.05) is 0 Å². The minimum atomic E-state index is -3.93. The number of halogens is 5. The zero-order chi connectivity index (χ0) is 24.1. The van der Waals surface area contributed by atoms with Crippen LogP contribution in [0, 0.1) is 17.5 Å². The van der Waals surface area contributed by atoms with E-state index >= 15 is 0 Å². The van der Waals surface area contributed by atoms with Crippen molar-refractivity contribution in [2.45, 2.75) is 0 Å². The fourth-order valence-corrected chi connectivity index (χ4v) is 4.03. The van der Waals surface area contributed by atoms with Gasteiger partial charge in [-0.15, -0.1) is 0 Å². The van der Waals surface area contributed by atoms with E-state index in [0.29, 0.717) is 5.52 Å². The Kier molecular flexibility index (Phi) is 5.85. The summed E-state index contributed by atoms with van der Waals surface area (Å²) in [4.78, 5) is 12.1. The number of carbonyl (C=O) groups excluding carboxylic acids is 1. The number of fused-ring (bicyclic) bond motifs is 1. The number of rotatable bonds is 4. The second-order valence-electron chi connectivity index (χ2n) is 7.04. The van der Waals surface area contributed by atoms with Crippen molar-refractivity contribution in [2.24, 2.45) is 0 Å². The molecule has 1 heterocycles. The van der Waals surface area contributed by atoms with Crippen LogP contribution in [-0.2, 0) is 10.0 Å². The van der Waals surface area contributed by atoms with Gasteiger partial charge in [-0.05, 0) is 36.4 Å². The molecule has 0 aliphatic carbocycles. The molecule has 170 valence electrons. The second-order valence-corrected chi connectivity index (χ2v) is 9.60. The predicted octanol–water partition coefficient (Wildman–Crippen LogP) is 5.11. The zero-order valence-corrected chi connectivity index (χ0v) is 18.9. The van der Waals surface area contributed by atoms with Crippen LogP contribution in [0.3, 0.4) is 0 Å². The number of hydrogen-bond donors (Lipinski definition) is 1. The maximum absolute atomic E-state index is 14.8. The lowest BCUT2D eigenvalue weighted by atomic mass is 10.1. The van der Waals surface area contributed by atoms with Gasteiger partial charge in [-0.25, -0.2) is 31.0 Å². The average Bonchev–Trinajstić information content (AvgIpc) is 3.08. The van der Waals surface area contributed by atoms with E-state index in [9.17, 15) is 26.4 Å². The smallest absolute Gasteiger partial charge is 0.267 e. The molecule has 1 N–H and O–H groups in total. The molecule has 4 rings (SSSR count). The molecule has 0 fully saturated rings. The van der Waals surface area contributed by atoms with E-state index in [0.717, 1.165) is 30.5 Å². The molecule has 0 aliphatic rings. The highest BCUT2D eigenvalue weighted by atomic mass is 35.5. The van der Waals surface area contributed by atoms with Gasteiger partial charge in [0.15, 0.2) is 0 Å². The number of carbonyl (C=O) groups is 1. The first kappa shape index (κ1) is 23.1. The minimum absolute atomic E-state index is 0.0117. The fourth-order valence-electron chi connectivity index (χ4n) is 3.23. The van der Waals surface area contributed by atoms with E-state index in [-0.39, 0.29) is 32.4 Å². The third kappa shape index (κ3) is 4.54. The zero-order valence-electron chi connectivity index (χ0n) is 16.5. The highest BCUT2D eigenvalue weighted by molar-refractivity contribution is 7.89. The van der Waals surface area contributed by atoms with Crippen LogP contribution in [0.25, 0.3) is 27.8 Å². The van der Waals surface area contributed by atoms with E-state index < -0.39 is 38.9 Å². The van der Waals surface area contributed by atoms with Crippen molar-refractivity contribution in [3.05, 3.63) is 81.6 Å². The highest BCUT2D eigenvalue weighted by Gasteiger charge is 2.22. The number of hydrogen-bond acceptors (Lipinski definition) is 4. The summed E-state index contributed by atoms with van der Waals surface area (Å²) in [5.41, 5.74) is 0.165. The molecule has 1 amide bonds. The van der Waals surface area contributed by atoms with Crippen LogP contribution in [0.15, 0.2) is 48.5 Å². The normalized spacial score (nSPS) is 11.7. The first-order valence-corrected chi connectivity index (χ1v) is 11.7. The number of benzene rings is 3. The third-order valence-corrected chi connectivity index (χ3v) is 5.79. The average molecular weight is 514 g/mol. The quantitative estimate of drug-likeness (QED) is 0.411. The number of aromatic nitrogens is 2. The summed E-state index contributed by atoms with van der Waals surface area (Å²) in [6.07, 6.45) is 0.745. The van der Waals surface area contributed by atoms with Crippen LogP contribution in [0.4, 0.5) is 13.2 Å². The van der Waals surface area contributed by atoms with Gasteiger partial charge in [0.05, 0.1) is 33.1 Å². The molecule has 0 aliphatic heterocycles. The summed E-state index contributed by atoms with van der Waals surface area (Å²) in [5.74, 6) is -3.56. The molecule has 0 saturated heterocycles. The number of nitrogens with one attached hydrogen (secondary N) is 1. The minimum Gasteiger partial charge on any atom is -0.268 e. The van der Waals surface area contributed by atoms with Crippen LogP contribution in [0.1, 0.15) is 10.4 Å². The Morgan fingerprint density at radius 3 is 2.36 bits per heavy atom. The van der Waals surface area contributed by atoms with Crippen molar-refractivity contribution in [1.29, 1.82) is 0 Å². The molecular formula is C21H12Cl2F3N3O3S. The lowest BCUT2D eigenvalue weighted by Crippen LogP contribution is -2.30. The van der Waals surface area contributed by atoms with E-state index in [1.54, 1.807) is 4.72 Å². The molecule has 6 nitrogen and oxygen atoms in total. The maximum atomic E-state index is 14.8. The molecule has 3 aromatic carbocycles. The molecule has 33 heavy (non-hydrogen) atoms. The van der Waals surface area contributed by atoms with Gasteiger partial charge in [0, 0.05) is 17.0 Å². The van der Waals surface area contributed by atoms with Gasteiger partial charge >= 0.3 is 0 Å². The van der Waals surface area contributed by atoms with Gasteiger partial charge in [-0.1, -0.05) is 29.3 Å². The Labute approximate surface area is 195 Å². The van der Waals surface area contributed by atoms with E-state index in [2.05, 4.69) is 5.10 Å². The topological polar surface area (TPSA) is 81.1 Å². The first-order chi connectivity index (χ1) is 15.4. The lowest BCUT2D eigenvalue weighted by molar-refractivity contribution is 0.0978. The summed E-state index contributed by atoms with van der Waals surface area (Å²) in [6.45, 7) is 0. The lowest BCUT2D eigenvalue weighted by Gasteiger charge is -2.10. The van der Waals surface area contributed by atoms with Crippen molar-refractivity contribution in [2.75, 3.05) is 6.26 Å². The SMILES string of the molecule is CS(=O)(=O)NC(=O)c1cc(Cl)c(-n2nc(-c3ccc(Cl)c(F)c3)c3cc(F)ccc32)cc1F. The van der Waals surface area contributed by atoms with Crippen LogP contribution >= 0.6 is 23.2 Å². The fraction of sp³-hybridized carbons (Fsp3) is 0.0476. The first-order valence-electron chi connectivity index (χ1n) is 9.10. The molecule has 12 heteroatoms. The van der Waals surface area contributed by atoms with Gasteiger partial charge in [0.25, 0.3) is 5.91 Å². The summed E-state index contributed by atoms with van der Waals surface area (Å²) in [7, 11) is -3.93. The molecule has 0 unspecified atom stereocenters. The Balaban J connectivity index is 1.91. The number of amides is 1. The van der Waals surface area contributed by atoms with Crippen LogP contribution in [0.5, 0.6) is 0 Å². The monoisotopic (exact) mass is 513 g/mol. The number of sulfonamides is 1. The maximum Gasteiger partial charge on any atom is 0.267 e. The van der Waals surface area contributed by atoms with Gasteiger partial charge in [0.2, 0.25) is 10.0 Å². The Hall–Kier alpha value is -3.08. The molecule has 0 radical (unpaired) electrons. The Morgan fingerprint density at radius 1 is 0.970 bits per heavy atom. The summed E-state index contributed by atoms with van der Waals surface area (Å²) in [6, 6.07) is 9.49. The van der Waals surface area contributed by atoms with Crippen molar-refractivity contribution in [3.63, 3.8) is 0 Å². The molecule has 0 atom stereocenters. The predicted molar refractivity (Wildman–Crippen MR) is 119 cm³/mol. The van der Waals surface area contributed by atoms with Gasteiger partial charge in [0.1, 0.15) is 23.1 Å². The largest absolute Gasteiger partial charge is 0.268 e. The summed E-state index contributed by atoms with van der Waals surface area (Å²) < 4.78 is 68.2. The molecule has 0 saturated carbocycles.